The van der Waals surface area contributed by atoms with Gasteiger partial charge in [-0.25, -0.2) is 4.79 Å². The number of alkyl carbamates (subject to hydrolysis) is 1. The Labute approximate surface area is 169 Å². The summed E-state index contributed by atoms with van der Waals surface area (Å²) in [6.07, 6.45) is -2.72. The van der Waals surface area contributed by atoms with Crippen molar-refractivity contribution in [1.29, 1.82) is 0 Å². The number of carbonyl (C=O) groups is 3. The van der Waals surface area contributed by atoms with E-state index < -0.39 is 36.4 Å². The third-order valence-electron chi connectivity index (χ3n) is 4.15. The average Bonchev–Trinajstić information content (AvgIpc) is 2.73. The Balaban J connectivity index is 2.02. The normalized spacial score (nSPS) is 12.5. The fourth-order valence-electron chi connectivity index (χ4n) is 2.71. The molecule has 0 saturated heterocycles. The van der Waals surface area contributed by atoms with Crippen molar-refractivity contribution in [3.8, 4) is 0 Å². The Morgan fingerprint density at radius 1 is 0.931 bits per heavy atom. The monoisotopic (exact) mass is 399 g/mol. The summed E-state index contributed by atoms with van der Waals surface area (Å²) in [7, 11) is 0. The fourth-order valence-corrected chi connectivity index (χ4v) is 2.71. The lowest BCUT2D eigenvalue weighted by atomic mass is 9.97. The van der Waals surface area contributed by atoms with Crippen molar-refractivity contribution < 1.29 is 29.0 Å². The van der Waals surface area contributed by atoms with Crippen LogP contribution in [0.3, 0.4) is 0 Å². The molecule has 2 aromatic carbocycles. The van der Waals surface area contributed by atoms with Crippen LogP contribution in [-0.2, 0) is 32.1 Å². The number of ketones is 1. The molecular weight excluding hydrogens is 374 g/mol. The lowest BCUT2D eigenvalue weighted by Gasteiger charge is -2.23. The van der Waals surface area contributed by atoms with Gasteiger partial charge in [0.15, 0.2) is 5.78 Å². The van der Waals surface area contributed by atoms with Crippen LogP contribution in [0.1, 0.15) is 24.5 Å². The molecule has 0 aliphatic carbocycles. The highest BCUT2D eigenvalue weighted by atomic mass is 16.5. The lowest BCUT2D eigenvalue weighted by Crippen LogP contribution is -2.48. The third kappa shape index (κ3) is 7.75. The Hall–Kier alpha value is -3.19. The molecule has 2 aromatic rings. The van der Waals surface area contributed by atoms with Crippen LogP contribution in [0.4, 0.5) is 4.79 Å². The maximum Gasteiger partial charge on any atom is 0.407 e. The van der Waals surface area contributed by atoms with Gasteiger partial charge in [-0.3, -0.25) is 9.59 Å². The molecule has 7 nitrogen and oxygen atoms in total. The van der Waals surface area contributed by atoms with Gasteiger partial charge in [-0.1, -0.05) is 60.7 Å². The van der Waals surface area contributed by atoms with Gasteiger partial charge >= 0.3 is 12.1 Å². The molecule has 0 aliphatic rings. The zero-order valence-corrected chi connectivity index (χ0v) is 16.2. The first-order chi connectivity index (χ1) is 14.0. The molecule has 7 heteroatoms. The van der Waals surface area contributed by atoms with E-state index in [0.29, 0.717) is 0 Å². The molecule has 2 N–H and O–H groups in total. The van der Waals surface area contributed by atoms with Crippen molar-refractivity contribution in [2.75, 3.05) is 6.61 Å². The maximum absolute atomic E-state index is 12.3. The number of nitrogens with one attached hydrogen (secondary N) is 1. The van der Waals surface area contributed by atoms with Gasteiger partial charge < -0.3 is 19.9 Å². The van der Waals surface area contributed by atoms with Crippen LogP contribution in [0, 0.1) is 0 Å². The van der Waals surface area contributed by atoms with Crippen molar-refractivity contribution in [2.45, 2.75) is 38.5 Å². The second-order valence-corrected chi connectivity index (χ2v) is 6.40. The molecule has 0 spiro atoms. The molecule has 2 atom stereocenters. The summed E-state index contributed by atoms with van der Waals surface area (Å²) >= 11 is 0. The molecule has 1 amide bonds. The lowest BCUT2D eigenvalue weighted by molar-refractivity contribution is -0.147. The summed E-state index contributed by atoms with van der Waals surface area (Å²) in [5, 5.41) is 13.0. The van der Waals surface area contributed by atoms with Crippen LogP contribution in [0.25, 0.3) is 0 Å². The molecule has 2 unspecified atom stereocenters. The molecule has 154 valence electrons. The number of esters is 1. The number of rotatable bonds is 10. The first kappa shape index (κ1) is 22.1. The van der Waals surface area contributed by atoms with Gasteiger partial charge in [0.25, 0.3) is 0 Å². The molecule has 0 radical (unpaired) electrons. The average molecular weight is 399 g/mol. The van der Waals surface area contributed by atoms with Crippen molar-refractivity contribution in [2.24, 2.45) is 0 Å². The summed E-state index contributed by atoms with van der Waals surface area (Å²) in [6.45, 7) is 1.82. The molecule has 29 heavy (non-hydrogen) atoms. The quantitative estimate of drug-likeness (QED) is 0.470. The van der Waals surface area contributed by atoms with Crippen LogP contribution in [0.15, 0.2) is 60.7 Å². The van der Waals surface area contributed by atoms with Crippen LogP contribution in [0.5, 0.6) is 0 Å². The number of amides is 1. The summed E-state index contributed by atoms with van der Waals surface area (Å²) in [5.74, 6) is -1.45. The highest BCUT2D eigenvalue weighted by Gasteiger charge is 2.30. The van der Waals surface area contributed by atoms with Crippen molar-refractivity contribution in [3.63, 3.8) is 0 Å². The summed E-state index contributed by atoms with van der Waals surface area (Å²) in [6, 6.07) is 17.3. The van der Waals surface area contributed by atoms with E-state index in [1.807, 2.05) is 60.7 Å². The van der Waals surface area contributed by atoms with E-state index in [-0.39, 0.29) is 19.6 Å². The predicted molar refractivity (Wildman–Crippen MR) is 106 cm³/mol. The topological polar surface area (TPSA) is 102 Å². The van der Waals surface area contributed by atoms with E-state index >= 15 is 0 Å². The molecular formula is C22H25NO6. The van der Waals surface area contributed by atoms with Gasteiger partial charge in [-0.2, -0.15) is 0 Å². The highest BCUT2D eigenvalue weighted by Crippen LogP contribution is 2.10. The summed E-state index contributed by atoms with van der Waals surface area (Å²) in [5.41, 5.74) is 1.62. The number of Topliss-reactive ketones (excluding diaryl/α,β-unsaturated/α-hetero) is 1. The Morgan fingerprint density at radius 3 is 2.10 bits per heavy atom. The van der Waals surface area contributed by atoms with Crippen LogP contribution >= 0.6 is 0 Å². The van der Waals surface area contributed by atoms with Crippen LogP contribution < -0.4 is 5.32 Å². The first-order valence-corrected chi connectivity index (χ1v) is 9.37. The smallest absolute Gasteiger partial charge is 0.407 e. The van der Waals surface area contributed by atoms with Crippen LogP contribution in [-0.4, -0.2) is 41.7 Å². The molecule has 0 fully saturated rings. The van der Waals surface area contributed by atoms with E-state index in [4.69, 9.17) is 9.47 Å². The number of ether oxygens (including phenoxy) is 2. The molecule has 0 aliphatic heterocycles. The van der Waals surface area contributed by atoms with Gasteiger partial charge in [0.05, 0.1) is 12.6 Å². The van der Waals surface area contributed by atoms with Gasteiger partial charge in [-0.15, -0.1) is 0 Å². The second kappa shape index (κ2) is 11.6. The minimum absolute atomic E-state index is 0.0532. The zero-order chi connectivity index (χ0) is 21.1. The van der Waals surface area contributed by atoms with Crippen LogP contribution in [0.2, 0.25) is 0 Å². The molecule has 0 aromatic heterocycles. The Bertz CT molecular complexity index is 793. The Morgan fingerprint density at radius 2 is 1.52 bits per heavy atom. The van der Waals surface area contributed by atoms with E-state index in [0.717, 1.165) is 11.1 Å². The molecule has 0 saturated carbocycles. The van der Waals surface area contributed by atoms with E-state index in [1.165, 1.54) is 0 Å². The fraction of sp³-hybridized carbons (Fsp3) is 0.318. The largest absolute Gasteiger partial charge is 0.466 e. The van der Waals surface area contributed by atoms with Gasteiger partial charge in [0.2, 0.25) is 0 Å². The van der Waals surface area contributed by atoms with Gasteiger partial charge in [-0.05, 0) is 24.5 Å². The molecule has 0 heterocycles. The third-order valence-corrected chi connectivity index (χ3v) is 4.15. The number of aliphatic hydroxyl groups excluding tert-OH is 1. The maximum atomic E-state index is 12.3. The van der Waals surface area contributed by atoms with E-state index in [9.17, 15) is 19.5 Å². The highest BCUT2D eigenvalue weighted by molar-refractivity contribution is 5.98. The van der Waals surface area contributed by atoms with Crippen molar-refractivity contribution in [1.82, 2.24) is 5.32 Å². The number of carbonyl (C=O) groups excluding carboxylic acids is 3. The van der Waals surface area contributed by atoms with Crippen molar-refractivity contribution in [3.05, 3.63) is 71.8 Å². The minimum Gasteiger partial charge on any atom is -0.466 e. The number of hydrogen-bond acceptors (Lipinski definition) is 6. The number of benzene rings is 2. The number of aliphatic hydroxyl groups is 1. The SMILES string of the molecule is CCOC(=O)CC(=O)C(O)C(Cc1ccccc1)NC(=O)OCc1ccccc1. The van der Waals surface area contributed by atoms with E-state index in [2.05, 4.69) is 5.32 Å². The van der Waals surface area contributed by atoms with Gasteiger partial charge in [0, 0.05) is 0 Å². The standard InChI is InChI=1S/C22H25NO6/c1-2-28-20(25)14-19(24)21(26)18(13-16-9-5-3-6-10-16)23-22(27)29-15-17-11-7-4-8-12-17/h3-12,18,21,26H,2,13-15H2,1H3,(H,23,27). The predicted octanol–water partition coefficient (Wildman–Crippen LogP) is 2.41. The number of hydrogen-bond donors (Lipinski definition) is 2. The van der Waals surface area contributed by atoms with E-state index in [1.54, 1.807) is 6.92 Å². The molecule has 0 bridgehead atoms. The zero-order valence-electron chi connectivity index (χ0n) is 16.2. The van der Waals surface area contributed by atoms with Crippen molar-refractivity contribution >= 4 is 17.8 Å². The Kier molecular flexibility index (Phi) is 8.85. The first-order valence-electron chi connectivity index (χ1n) is 9.37. The minimum atomic E-state index is -1.58. The molecule has 2 rings (SSSR count). The van der Waals surface area contributed by atoms with Gasteiger partial charge in [0.1, 0.15) is 19.1 Å². The second-order valence-electron chi connectivity index (χ2n) is 6.40. The summed E-state index contributed by atoms with van der Waals surface area (Å²) < 4.78 is 9.93. The summed E-state index contributed by atoms with van der Waals surface area (Å²) in [4.78, 5) is 36.1.